The average molecular weight is 355 g/mol. The van der Waals surface area contributed by atoms with Gasteiger partial charge < -0.3 is 19.7 Å². The molecule has 0 amide bonds. The van der Waals surface area contributed by atoms with Crippen molar-refractivity contribution in [2.24, 2.45) is 0 Å². The molecule has 0 atom stereocenters. The molecule has 0 spiro atoms. The molecule has 1 saturated heterocycles. The van der Waals surface area contributed by atoms with Crippen LogP contribution in [0.5, 0.6) is 5.75 Å². The number of morpholine rings is 1. The number of anilines is 3. The Bertz CT molecular complexity index is 693. The lowest BCUT2D eigenvalue weighted by atomic mass is 10.2. The van der Waals surface area contributed by atoms with Gasteiger partial charge >= 0.3 is 0 Å². The summed E-state index contributed by atoms with van der Waals surface area (Å²) < 4.78 is 10.8. The fourth-order valence-electron chi connectivity index (χ4n) is 2.37. The highest BCUT2D eigenvalue weighted by atomic mass is 35.5. The van der Waals surface area contributed by atoms with Crippen LogP contribution in [0, 0.1) is 0 Å². The molecule has 0 radical (unpaired) electrons. The van der Waals surface area contributed by atoms with E-state index in [0.29, 0.717) is 24.1 Å². The summed E-state index contributed by atoms with van der Waals surface area (Å²) in [7, 11) is 1.65. The average Bonchev–Trinajstić information content (AvgIpc) is 2.59. The minimum Gasteiger partial charge on any atom is -0.497 e. The van der Waals surface area contributed by atoms with E-state index in [2.05, 4.69) is 20.2 Å². The molecule has 2 aromatic rings. The van der Waals surface area contributed by atoms with Gasteiger partial charge in [0.25, 0.3) is 0 Å². The van der Waals surface area contributed by atoms with Crippen molar-refractivity contribution in [3.05, 3.63) is 34.7 Å². The van der Waals surface area contributed by atoms with Gasteiger partial charge in [-0.25, -0.2) is 4.98 Å². The van der Waals surface area contributed by atoms with E-state index in [9.17, 15) is 0 Å². The standard InChI is InChI=1S/C15H16Cl2N4O2/c1-22-10-2-3-12(13(8-10)21-4-6-23-7-5-21)19-14-11(16)9-18-15(17)20-14/h2-3,8-9H,4-7H2,1H3,(H,18,19,20). The van der Waals surface area contributed by atoms with Crippen LogP contribution < -0.4 is 15.0 Å². The number of ether oxygens (including phenoxy) is 2. The Morgan fingerprint density at radius 3 is 2.78 bits per heavy atom. The van der Waals surface area contributed by atoms with Crippen LogP contribution in [0.2, 0.25) is 10.3 Å². The van der Waals surface area contributed by atoms with Gasteiger partial charge in [-0.05, 0) is 23.7 Å². The molecule has 0 saturated carbocycles. The smallest absolute Gasteiger partial charge is 0.224 e. The number of hydrogen-bond donors (Lipinski definition) is 1. The van der Waals surface area contributed by atoms with Crippen LogP contribution in [-0.2, 0) is 4.74 Å². The Morgan fingerprint density at radius 1 is 1.26 bits per heavy atom. The lowest BCUT2D eigenvalue weighted by Crippen LogP contribution is -2.36. The van der Waals surface area contributed by atoms with Crippen LogP contribution in [0.4, 0.5) is 17.2 Å². The van der Waals surface area contributed by atoms with Gasteiger partial charge in [0.15, 0.2) is 5.82 Å². The molecule has 1 aliphatic heterocycles. The SMILES string of the molecule is COc1ccc(Nc2nc(Cl)ncc2Cl)c(N2CCOCC2)c1. The van der Waals surface area contributed by atoms with Gasteiger partial charge in [-0.15, -0.1) is 0 Å². The summed E-state index contributed by atoms with van der Waals surface area (Å²) in [6.07, 6.45) is 1.47. The second-order valence-corrected chi connectivity index (χ2v) is 5.69. The molecule has 0 unspecified atom stereocenters. The number of aromatic nitrogens is 2. The lowest BCUT2D eigenvalue weighted by Gasteiger charge is -2.31. The molecule has 3 rings (SSSR count). The van der Waals surface area contributed by atoms with E-state index in [-0.39, 0.29) is 5.28 Å². The Labute approximate surface area is 144 Å². The molecule has 1 aromatic carbocycles. The van der Waals surface area contributed by atoms with Crippen molar-refractivity contribution in [2.75, 3.05) is 43.6 Å². The quantitative estimate of drug-likeness (QED) is 0.849. The van der Waals surface area contributed by atoms with Gasteiger partial charge in [0.1, 0.15) is 10.8 Å². The zero-order valence-electron chi connectivity index (χ0n) is 12.6. The van der Waals surface area contributed by atoms with Crippen LogP contribution in [0.15, 0.2) is 24.4 Å². The molecule has 2 heterocycles. The van der Waals surface area contributed by atoms with E-state index in [1.165, 1.54) is 6.20 Å². The van der Waals surface area contributed by atoms with Crippen molar-refractivity contribution in [3.8, 4) is 5.75 Å². The second-order valence-electron chi connectivity index (χ2n) is 4.94. The first kappa shape index (κ1) is 16.1. The van der Waals surface area contributed by atoms with Crippen molar-refractivity contribution in [1.29, 1.82) is 0 Å². The van der Waals surface area contributed by atoms with Gasteiger partial charge in [0, 0.05) is 19.2 Å². The van der Waals surface area contributed by atoms with E-state index in [0.717, 1.165) is 30.2 Å². The number of rotatable bonds is 4. The highest BCUT2D eigenvalue weighted by molar-refractivity contribution is 6.33. The molecule has 1 N–H and O–H groups in total. The largest absolute Gasteiger partial charge is 0.497 e. The summed E-state index contributed by atoms with van der Waals surface area (Å²) in [6, 6.07) is 5.78. The highest BCUT2D eigenvalue weighted by Crippen LogP contribution is 2.34. The molecule has 1 aliphatic rings. The molecule has 23 heavy (non-hydrogen) atoms. The maximum Gasteiger partial charge on any atom is 0.224 e. The first-order valence-electron chi connectivity index (χ1n) is 7.13. The van der Waals surface area contributed by atoms with Crippen molar-refractivity contribution in [1.82, 2.24) is 9.97 Å². The second kappa shape index (κ2) is 7.21. The van der Waals surface area contributed by atoms with Crippen LogP contribution in [0.25, 0.3) is 0 Å². The molecular weight excluding hydrogens is 339 g/mol. The number of nitrogens with one attached hydrogen (secondary N) is 1. The number of halogens is 2. The van der Waals surface area contributed by atoms with E-state index in [1.807, 2.05) is 18.2 Å². The first-order chi connectivity index (χ1) is 11.2. The van der Waals surface area contributed by atoms with Crippen LogP contribution in [-0.4, -0.2) is 43.4 Å². The minimum atomic E-state index is 0.137. The molecular formula is C15H16Cl2N4O2. The molecule has 1 fully saturated rings. The number of methoxy groups -OCH3 is 1. The van der Waals surface area contributed by atoms with Crippen molar-refractivity contribution in [3.63, 3.8) is 0 Å². The Morgan fingerprint density at radius 2 is 2.04 bits per heavy atom. The third-order valence-electron chi connectivity index (χ3n) is 3.52. The Balaban J connectivity index is 1.95. The van der Waals surface area contributed by atoms with Gasteiger partial charge in [0.2, 0.25) is 5.28 Å². The fourth-order valence-corrected chi connectivity index (χ4v) is 2.64. The predicted octanol–water partition coefficient (Wildman–Crippen LogP) is 3.37. The molecule has 6 nitrogen and oxygen atoms in total. The highest BCUT2D eigenvalue weighted by Gasteiger charge is 2.17. The first-order valence-corrected chi connectivity index (χ1v) is 7.89. The summed E-state index contributed by atoms with van der Waals surface area (Å²) in [5.41, 5.74) is 1.86. The monoisotopic (exact) mass is 354 g/mol. The maximum atomic E-state index is 6.14. The van der Waals surface area contributed by atoms with Crippen LogP contribution >= 0.6 is 23.2 Å². The zero-order valence-corrected chi connectivity index (χ0v) is 14.1. The molecule has 0 bridgehead atoms. The number of hydrogen-bond acceptors (Lipinski definition) is 6. The molecule has 8 heteroatoms. The Hall–Kier alpha value is -1.76. The minimum absolute atomic E-state index is 0.137. The van der Waals surface area contributed by atoms with E-state index < -0.39 is 0 Å². The van der Waals surface area contributed by atoms with Gasteiger partial charge in [0.05, 0.1) is 37.9 Å². The van der Waals surface area contributed by atoms with E-state index in [4.69, 9.17) is 32.7 Å². The fraction of sp³-hybridized carbons (Fsp3) is 0.333. The topological polar surface area (TPSA) is 59.5 Å². The van der Waals surface area contributed by atoms with Crippen LogP contribution in [0.3, 0.4) is 0 Å². The third-order valence-corrected chi connectivity index (χ3v) is 3.98. The van der Waals surface area contributed by atoms with Crippen molar-refractivity contribution < 1.29 is 9.47 Å². The number of benzene rings is 1. The van der Waals surface area contributed by atoms with Crippen LogP contribution in [0.1, 0.15) is 0 Å². The van der Waals surface area contributed by atoms with Crippen molar-refractivity contribution in [2.45, 2.75) is 0 Å². The maximum absolute atomic E-state index is 6.14. The summed E-state index contributed by atoms with van der Waals surface area (Å²) in [6.45, 7) is 2.99. The number of nitrogens with zero attached hydrogens (tertiary/aromatic N) is 3. The van der Waals surface area contributed by atoms with Gasteiger partial charge in [-0.3, -0.25) is 0 Å². The summed E-state index contributed by atoms with van der Waals surface area (Å²) in [5.74, 6) is 1.25. The third kappa shape index (κ3) is 3.77. The Kier molecular flexibility index (Phi) is 5.05. The summed E-state index contributed by atoms with van der Waals surface area (Å²) >= 11 is 12.0. The molecule has 122 valence electrons. The van der Waals surface area contributed by atoms with Gasteiger partial charge in [-0.2, -0.15) is 4.98 Å². The predicted molar refractivity (Wildman–Crippen MR) is 91.4 cm³/mol. The van der Waals surface area contributed by atoms with Gasteiger partial charge in [-0.1, -0.05) is 11.6 Å². The van der Waals surface area contributed by atoms with E-state index >= 15 is 0 Å². The van der Waals surface area contributed by atoms with E-state index in [1.54, 1.807) is 7.11 Å². The normalized spacial score (nSPS) is 14.7. The zero-order chi connectivity index (χ0) is 16.2. The lowest BCUT2D eigenvalue weighted by molar-refractivity contribution is 0.122. The van der Waals surface area contributed by atoms with Crippen molar-refractivity contribution >= 4 is 40.4 Å². The summed E-state index contributed by atoms with van der Waals surface area (Å²) in [5, 5.41) is 3.76. The molecule has 0 aliphatic carbocycles. The molecule has 1 aromatic heterocycles. The summed E-state index contributed by atoms with van der Waals surface area (Å²) in [4.78, 5) is 10.2.